The molecule has 0 spiro atoms. The number of carboxylic acids is 1. The predicted molar refractivity (Wildman–Crippen MR) is 81.1 cm³/mol. The Labute approximate surface area is 143 Å². The third-order valence-electron chi connectivity index (χ3n) is 3.29. The molecule has 1 unspecified atom stereocenters. The Bertz CT molecular complexity index is 681. The molecule has 1 atom stereocenters. The molecule has 0 fully saturated rings. The predicted octanol–water partition coefficient (Wildman–Crippen LogP) is 2.37. The molecule has 1 heterocycles. The maximum atomic E-state index is 10.9. The Balaban J connectivity index is 0.000000436. The van der Waals surface area contributed by atoms with Crippen LogP contribution in [0.1, 0.15) is 18.1 Å². The molecule has 1 aliphatic rings. The summed E-state index contributed by atoms with van der Waals surface area (Å²) in [5.41, 5.74) is 1.89. The summed E-state index contributed by atoms with van der Waals surface area (Å²) in [5.74, 6) is -0.833. The first-order valence-electron chi connectivity index (χ1n) is 6.61. The van der Waals surface area contributed by atoms with Gasteiger partial charge in [-0.15, -0.1) is 0 Å². The minimum Gasteiger partial charge on any atom is -0.481 e. The van der Waals surface area contributed by atoms with E-state index in [4.69, 9.17) is 9.90 Å². The largest absolute Gasteiger partial charge is 0.481 e. The normalized spacial score (nSPS) is 18.2. The SMILES string of the molecule is CC(=O)O.C[N+]1=CC(O)(c2ccccc2)c2ccccc21.[Pd]. The molecule has 5 heteroatoms. The second kappa shape index (κ2) is 7.46. The van der Waals surface area contributed by atoms with Gasteiger partial charge in [-0.1, -0.05) is 42.5 Å². The topological polar surface area (TPSA) is 60.5 Å². The fourth-order valence-corrected chi connectivity index (χ4v) is 2.45. The summed E-state index contributed by atoms with van der Waals surface area (Å²) in [4.78, 5) is 9.00. The van der Waals surface area contributed by atoms with Gasteiger partial charge in [0.2, 0.25) is 5.69 Å². The molecule has 0 radical (unpaired) electrons. The number of nitrogens with zero attached hydrogens (tertiary/aromatic N) is 1. The Morgan fingerprint density at radius 3 is 2.14 bits per heavy atom. The Morgan fingerprint density at radius 1 is 1.05 bits per heavy atom. The van der Waals surface area contributed by atoms with Gasteiger partial charge < -0.3 is 10.2 Å². The molecule has 3 rings (SSSR count). The maximum absolute atomic E-state index is 10.9. The van der Waals surface area contributed by atoms with E-state index in [1.807, 2.05) is 72.4 Å². The molecule has 0 saturated heterocycles. The van der Waals surface area contributed by atoms with Crippen molar-refractivity contribution in [3.05, 3.63) is 65.7 Å². The quantitative estimate of drug-likeness (QED) is 0.580. The fraction of sp³-hybridized carbons (Fsp3) is 0.176. The number of benzene rings is 2. The van der Waals surface area contributed by atoms with Crippen molar-refractivity contribution < 1.29 is 40.0 Å². The van der Waals surface area contributed by atoms with Crippen molar-refractivity contribution in [2.45, 2.75) is 12.5 Å². The van der Waals surface area contributed by atoms with Crippen LogP contribution >= 0.6 is 0 Å². The number of aliphatic hydroxyl groups is 1. The van der Waals surface area contributed by atoms with Crippen LogP contribution in [0.5, 0.6) is 0 Å². The number of fused-ring (bicyclic) bond motifs is 1. The second-order valence-corrected chi connectivity index (χ2v) is 4.91. The average Bonchev–Trinajstić information content (AvgIpc) is 2.73. The zero-order valence-electron chi connectivity index (χ0n) is 12.3. The van der Waals surface area contributed by atoms with E-state index < -0.39 is 11.6 Å². The van der Waals surface area contributed by atoms with Crippen molar-refractivity contribution in [3.63, 3.8) is 0 Å². The van der Waals surface area contributed by atoms with Crippen LogP contribution in [0, 0.1) is 0 Å². The number of para-hydroxylation sites is 1. The number of hydrogen-bond acceptors (Lipinski definition) is 2. The average molecular weight is 391 g/mol. The van der Waals surface area contributed by atoms with E-state index in [-0.39, 0.29) is 20.4 Å². The molecule has 0 aliphatic carbocycles. The van der Waals surface area contributed by atoms with Crippen molar-refractivity contribution in [1.29, 1.82) is 0 Å². The Kier molecular flexibility index (Phi) is 6.19. The first kappa shape index (κ1) is 18.3. The molecule has 0 aromatic heterocycles. The zero-order chi connectivity index (χ0) is 15.5. The fourth-order valence-electron chi connectivity index (χ4n) is 2.45. The van der Waals surface area contributed by atoms with Gasteiger partial charge in [0.05, 0.1) is 5.56 Å². The van der Waals surface area contributed by atoms with Crippen LogP contribution in [0.2, 0.25) is 0 Å². The number of carbonyl (C=O) groups is 1. The summed E-state index contributed by atoms with van der Waals surface area (Å²) in [7, 11) is 1.96. The minimum atomic E-state index is -1.01. The zero-order valence-corrected chi connectivity index (χ0v) is 13.9. The third-order valence-corrected chi connectivity index (χ3v) is 3.29. The molecule has 4 nitrogen and oxygen atoms in total. The van der Waals surface area contributed by atoms with E-state index in [0.717, 1.165) is 23.7 Å². The van der Waals surface area contributed by atoms with Crippen LogP contribution in [-0.2, 0) is 30.8 Å². The van der Waals surface area contributed by atoms with E-state index in [1.54, 1.807) is 0 Å². The summed E-state index contributed by atoms with van der Waals surface area (Å²) in [6, 6.07) is 17.7. The van der Waals surface area contributed by atoms with Crippen molar-refractivity contribution in [1.82, 2.24) is 0 Å². The molecule has 0 bridgehead atoms. The van der Waals surface area contributed by atoms with E-state index >= 15 is 0 Å². The van der Waals surface area contributed by atoms with Crippen LogP contribution in [0.4, 0.5) is 5.69 Å². The summed E-state index contributed by atoms with van der Waals surface area (Å²) in [5, 5.41) is 18.3. The van der Waals surface area contributed by atoms with E-state index in [2.05, 4.69) is 0 Å². The standard InChI is InChI=1S/C15H14NO.C2H4O2.Pd/c1-16-11-15(17,12-7-3-2-4-8-12)13-9-5-6-10-14(13)16;1-2(3)4;/h2-11,17H,1H3;1H3,(H,3,4);/q+1;;. The van der Waals surface area contributed by atoms with Crippen LogP contribution in [0.3, 0.4) is 0 Å². The first-order chi connectivity index (χ1) is 9.95. The Hall–Kier alpha value is -1.80. The molecule has 2 N–H and O–H groups in total. The van der Waals surface area contributed by atoms with Gasteiger partial charge in [-0.2, -0.15) is 0 Å². The number of aliphatic carboxylic acids is 1. The monoisotopic (exact) mass is 390 g/mol. The van der Waals surface area contributed by atoms with Crippen molar-refractivity contribution in [2.24, 2.45) is 0 Å². The third kappa shape index (κ3) is 3.69. The maximum Gasteiger partial charge on any atom is 0.300 e. The van der Waals surface area contributed by atoms with Crippen LogP contribution in [0.25, 0.3) is 0 Å². The summed E-state index contributed by atoms with van der Waals surface area (Å²) < 4.78 is 1.97. The molecule has 0 amide bonds. The first-order valence-corrected chi connectivity index (χ1v) is 6.61. The summed E-state index contributed by atoms with van der Waals surface area (Å²) >= 11 is 0. The molecule has 0 saturated carbocycles. The van der Waals surface area contributed by atoms with Crippen LogP contribution in [-0.4, -0.2) is 34.0 Å². The van der Waals surface area contributed by atoms with E-state index in [9.17, 15) is 5.11 Å². The van der Waals surface area contributed by atoms with Crippen LogP contribution < -0.4 is 0 Å². The van der Waals surface area contributed by atoms with Gasteiger partial charge in [-0.05, 0) is 11.6 Å². The van der Waals surface area contributed by atoms with Gasteiger partial charge in [0.25, 0.3) is 5.97 Å². The van der Waals surface area contributed by atoms with Crippen molar-refractivity contribution in [3.8, 4) is 0 Å². The van der Waals surface area contributed by atoms with Crippen molar-refractivity contribution in [2.75, 3.05) is 7.05 Å². The smallest absolute Gasteiger partial charge is 0.300 e. The van der Waals surface area contributed by atoms with Gasteiger partial charge in [-0.3, -0.25) is 4.79 Å². The number of hydrogen-bond donors (Lipinski definition) is 2. The summed E-state index contributed by atoms with van der Waals surface area (Å²) in [6.45, 7) is 1.08. The van der Waals surface area contributed by atoms with Crippen LogP contribution in [0.15, 0.2) is 54.6 Å². The number of rotatable bonds is 1. The van der Waals surface area contributed by atoms with Gasteiger partial charge in [0.15, 0.2) is 11.8 Å². The van der Waals surface area contributed by atoms with E-state index in [0.29, 0.717) is 0 Å². The molecule has 2 aromatic carbocycles. The molecule has 22 heavy (non-hydrogen) atoms. The molecular weight excluding hydrogens is 373 g/mol. The molecular formula is C17H18NO3Pd+. The van der Waals surface area contributed by atoms with Gasteiger partial charge in [0, 0.05) is 33.4 Å². The number of carboxylic acid groups (broad SMARTS) is 1. The molecule has 2 aromatic rings. The van der Waals surface area contributed by atoms with E-state index in [1.165, 1.54) is 0 Å². The van der Waals surface area contributed by atoms with Gasteiger partial charge >= 0.3 is 0 Å². The van der Waals surface area contributed by atoms with Gasteiger partial charge in [0.1, 0.15) is 7.05 Å². The molecule has 118 valence electrons. The second-order valence-electron chi connectivity index (χ2n) is 4.91. The Morgan fingerprint density at radius 2 is 1.55 bits per heavy atom. The molecule has 1 aliphatic heterocycles. The van der Waals surface area contributed by atoms with Crippen molar-refractivity contribution >= 4 is 17.9 Å². The minimum absolute atomic E-state index is 0. The van der Waals surface area contributed by atoms with Gasteiger partial charge in [-0.25, -0.2) is 4.58 Å². The summed E-state index contributed by atoms with van der Waals surface area (Å²) in [6.07, 6.45) is 1.85.